The molecular weight excluding hydrogens is 460 g/mol. The maximum atomic E-state index is 11.7. The summed E-state index contributed by atoms with van der Waals surface area (Å²) in [4.78, 5) is 23.7. The van der Waals surface area contributed by atoms with Crippen LogP contribution in [0.4, 0.5) is 28.1 Å². The number of halogens is 1. The first-order valence-electron chi connectivity index (χ1n) is 8.27. The normalized spacial score (nSPS) is 10.7. The maximum absolute atomic E-state index is 11.7. The molecule has 9 nitrogen and oxygen atoms in total. The van der Waals surface area contributed by atoms with Gasteiger partial charge in [0, 0.05) is 10.2 Å². The van der Waals surface area contributed by atoms with E-state index < -0.39 is 4.92 Å². The van der Waals surface area contributed by atoms with E-state index in [1.54, 1.807) is 25.3 Å². The number of thiazole rings is 1. The first kappa shape index (κ1) is 19.0. The van der Waals surface area contributed by atoms with Gasteiger partial charge in [-0.3, -0.25) is 10.1 Å². The number of ether oxygens (including phenoxy) is 1. The number of hydrogen-bond acceptors (Lipinski definition) is 9. The third-order valence-electron chi connectivity index (χ3n) is 3.93. The number of anilines is 4. The number of methoxy groups -OCH3 is 1. The zero-order chi connectivity index (χ0) is 20.4. The summed E-state index contributed by atoms with van der Waals surface area (Å²) in [6, 6.07) is 12.7. The van der Waals surface area contributed by atoms with Gasteiger partial charge in [-0.1, -0.05) is 27.3 Å². The molecule has 2 aromatic carbocycles. The zero-order valence-corrected chi connectivity index (χ0v) is 17.3. The molecule has 11 heteroatoms. The smallest absolute Gasteiger partial charge is 0.353 e. The monoisotopic (exact) mass is 472 g/mol. The summed E-state index contributed by atoms with van der Waals surface area (Å²) in [5.74, 6) is 0.843. The van der Waals surface area contributed by atoms with Crippen LogP contribution in [0.5, 0.6) is 5.75 Å². The van der Waals surface area contributed by atoms with E-state index in [-0.39, 0.29) is 17.3 Å². The van der Waals surface area contributed by atoms with E-state index in [9.17, 15) is 10.1 Å². The molecule has 29 heavy (non-hydrogen) atoms. The minimum Gasteiger partial charge on any atom is -0.497 e. The Morgan fingerprint density at radius 1 is 1.10 bits per heavy atom. The Morgan fingerprint density at radius 3 is 2.52 bits per heavy atom. The van der Waals surface area contributed by atoms with Crippen LogP contribution in [-0.4, -0.2) is 27.0 Å². The van der Waals surface area contributed by atoms with E-state index in [1.165, 1.54) is 17.7 Å². The van der Waals surface area contributed by atoms with Crippen LogP contribution in [0.25, 0.3) is 10.2 Å². The van der Waals surface area contributed by atoms with Gasteiger partial charge in [0.1, 0.15) is 12.1 Å². The fourth-order valence-electron chi connectivity index (χ4n) is 2.59. The summed E-state index contributed by atoms with van der Waals surface area (Å²) < 4.78 is 7.00. The van der Waals surface area contributed by atoms with Gasteiger partial charge in [-0.05, 0) is 42.5 Å². The van der Waals surface area contributed by atoms with E-state index in [4.69, 9.17) is 4.74 Å². The van der Waals surface area contributed by atoms with Crippen LogP contribution in [0.15, 0.2) is 53.3 Å². The number of fused-ring (bicyclic) bond motifs is 1. The minimum atomic E-state index is -0.528. The first-order chi connectivity index (χ1) is 14.0. The Hall–Kier alpha value is -3.31. The predicted octanol–water partition coefficient (Wildman–Crippen LogP) is 5.25. The van der Waals surface area contributed by atoms with Crippen molar-refractivity contribution in [3.8, 4) is 5.75 Å². The lowest BCUT2D eigenvalue weighted by molar-refractivity contribution is -0.383. The van der Waals surface area contributed by atoms with Crippen LogP contribution in [-0.2, 0) is 0 Å². The molecule has 0 atom stereocenters. The van der Waals surface area contributed by atoms with Crippen molar-refractivity contribution in [3.63, 3.8) is 0 Å². The van der Waals surface area contributed by atoms with Gasteiger partial charge in [-0.15, -0.1) is 0 Å². The maximum Gasteiger partial charge on any atom is 0.353 e. The summed E-state index contributed by atoms with van der Waals surface area (Å²) in [7, 11) is 1.59. The summed E-state index contributed by atoms with van der Waals surface area (Å²) >= 11 is 4.70. The Labute approximate surface area is 177 Å². The molecule has 0 radical (unpaired) electrons. The molecule has 4 rings (SSSR count). The summed E-state index contributed by atoms with van der Waals surface area (Å²) in [6.07, 6.45) is 1.26. The van der Waals surface area contributed by atoms with Crippen molar-refractivity contribution in [3.05, 3.63) is 63.4 Å². The number of benzene rings is 2. The highest BCUT2D eigenvalue weighted by atomic mass is 79.9. The molecule has 0 fully saturated rings. The minimum absolute atomic E-state index is 0.0515. The summed E-state index contributed by atoms with van der Waals surface area (Å²) in [6.45, 7) is 0. The highest BCUT2D eigenvalue weighted by molar-refractivity contribution is 9.10. The first-order valence-corrected chi connectivity index (χ1v) is 9.88. The predicted molar refractivity (Wildman–Crippen MR) is 116 cm³/mol. The molecule has 146 valence electrons. The summed E-state index contributed by atoms with van der Waals surface area (Å²) in [5, 5.41) is 18.1. The third kappa shape index (κ3) is 4.10. The molecule has 0 aliphatic heterocycles. The Morgan fingerprint density at radius 2 is 1.83 bits per heavy atom. The van der Waals surface area contributed by atoms with Crippen molar-refractivity contribution in [1.29, 1.82) is 0 Å². The second-order valence-electron chi connectivity index (χ2n) is 5.79. The number of nitrogens with one attached hydrogen (secondary N) is 2. The molecule has 0 saturated carbocycles. The molecule has 0 aliphatic rings. The van der Waals surface area contributed by atoms with Crippen molar-refractivity contribution in [1.82, 2.24) is 15.0 Å². The molecule has 0 amide bonds. The van der Waals surface area contributed by atoms with Crippen LogP contribution in [0.1, 0.15) is 0 Å². The topological polar surface area (TPSA) is 115 Å². The van der Waals surface area contributed by atoms with E-state index in [1.807, 2.05) is 24.3 Å². The fourth-order valence-corrected chi connectivity index (χ4v) is 3.75. The van der Waals surface area contributed by atoms with Gasteiger partial charge in [0.15, 0.2) is 5.13 Å². The molecule has 0 saturated heterocycles. The van der Waals surface area contributed by atoms with Crippen molar-refractivity contribution < 1.29 is 9.66 Å². The van der Waals surface area contributed by atoms with Gasteiger partial charge in [0.05, 0.1) is 22.2 Å². The highest BCUT2D eigenvalue weighted by Gasteiger charge is 2.24. The molecule has 0 unspecified atom stereocenters. The quantitative estimate of drug-likeness (QED) is 0.288. The van der Waals surface area contributed by atoms with Crippen LogP contribution in [0.3, 0.4) is 0 Å². The van der Waals surface area contributed by atoms with E-state index in [0.29, 0.717) is 16.6 Å². The van der Waals surface area contributed by atoms with Crippen molar-refractivity contribution in [2.75, 3.05) is 17.7 Å². The van der Waals surface area contributed by atoms with Crippen LogP contribution in [0.2, 0.25) is 0 Å². The van der Waals surface area contributed by atoms with Gasteiger partial charge < -0.3 is 15.4 Å². The molecule has 2 N–H and O–H groups in total. The van der Waals surface area contributed by atoms with E-state index in [0.717, 1.165) is 14.7 Å². The zero-order valence-electron chi connectivity index (χ0n) is 14.9. The van der Waals surface area contributed by atoms with Crippen LogP contribution >= 0.6 is 27.3 Å². The van der Waals surface area contributed by atoms with Crippen LogP contribution < -0.4 is 15.4 Å². The average Bonchev–Trinajstić information content (AvgIpc) is 3.11. The fraction of sp³-hybridized carbons (Fsp3) is 0.0556. The third-order valence-corrected chi connectivity index (χ3v) is 5.40. The average molecular weight is 473 g/mol. The van der Waals surface area contributed by atoms with E-state index >= 15 is 0 Å². The standard InChI is InChI=1S/C18H13BrN6O3S/c1-28-12-6-7-13-14(8-12)29-18(23-13)24-17-15(25(26)27)16(20-9-21-17)22-11-4-2-10(19)3-5-11/h2-9H,1H3,(H2,20,21,22,23,24). The van der Waals surface area contributed by atoms with Gasteiger partial charge in [0.25, 0.3) is 0 Å². The van der Waals surface area contributed by atoms with Gasteiger partial charge in [-0.25, -0.2) is 15.0 Å². The van der Waals surface area contributed by atoms with Crippen molar-refractivity contribution >= 4 is 65.6 Å². The molecule has 2 heterocycles. The second kappa shape index (κ2) is 7.97. The Kier molecular flexibility index (Phi) is 5.23. The largest absolute Gasteiger partial charge is 0.497 e. The van der Waals surface area contributed by atoms with Gasteiger partial charge >= 0.3 is 5.69 Å². The lowest BCUT2D eigenvalue weighted by Crippen LogP contribution is -2.05. The number of hydrogen-bond donors (Lipinski definition) is 2. The van der Waals surface area contributed by atoms with Gasteiger partial charge in [-0.2, -0.15) is 0 Å². The lowest BCUT2D eigenvalue weighted by atomic mass is 10.3. The molecule has 2 aromatic heterocycles. The Bertz CT molecular complexity index is 1200. The highest BCUT2D eigenvalue weighted by Crippen LogP contribution is 2.36. The molecular formula is C18H13BrN6O3S. The van der Waals surface area contributed by atoms with Crippen molar-refractivity contribution in [2.45, 2.75) is 0 Å². The Balaban J connectivity index is 1.68. The van der Waals surface area contributed by atoms with Crippen molar-refractivity contribution in [2.24, 2.45) is 0 Å². The molecule has 0 bridgehead atoms. The number of rotatable bonds is 6. The van der Waals surface area contributed by atoms with Crippen LogP contribution in [0, 0.1) is 10.1 Å². The van der Waals surface area contributed by atoms with Gasteiger partial charge in [0.2, 0.25) is 11.6 Å². The second-order valence-corrected chi connectivity index (χ2v) is 7.73. The summed E-state index contributed by atoms with van der Waals surface area (Å²) in [5.41, 5.74) is 1.14. The molecule has 0 aliphatic carbocycles. The number of nitrogens with zero attached hydrogens (tertiary/aromatic N) is 4. The molecule has 0 spiro atoms. The number of nitro groups is 1. The lowest BCUT2D eigenvalue weighted by Gasteiger charge is -2.09. The molecule has 4 aromatic rings. The van der Waals surface area contributed by atoms with E-state index in [2.05, 4.69) is 41.5 Å². The number of aromatic nitrogens is 3. The SMILES string of the molecule is COc1ccc2nc(Nc3ncnc(Nc4ccc(Br)cc4)c3[N+](=O)[O-])sc2c1.